The monoisotopic (exact) mass is 377 g/mol. The van der Waals surface area contributed by atoms with E-state index in [4.69, 9.17) is 21.1 Å². The van der Waals surface area contributed by atoms with Crippen LogP contribution in [0.4, 0.5) is 5.69 Å². The van der Waals surface area contributed by atoms with E-state index in [1.54, 1.807) is 18.2 Å². The molecule has 0 bridgehead atoms. The van der Waals surface area contributed by atoms with Crippen LogP contribution in [-0.2, 0) is 14.3 Å². The zero-order chi connectivity index (χ0) is 19.1. The van der Waals surface area contributed by atoms with Gasteiger partial charge in [-0.2, -0.15) is 0 Å². The second-order valence-corrected chi connectivity index (χ2v) is 5.44. The number of benzene rings is 2. The Morgan fingerprint density at radius 1 is 1.00 bits per heavy atom. The molecule has 2 rings (SSSR count). The van der Waals surface area contributed by atoms with Crippen LogP contribution in [-0.4, -0.2) is 38.7 Å². The van der Waals surface area contributed by atoms with Gasteiger partial charge >= 0.3 is 11.9 Å². The number of anilines is 1. The van der Waals surface area contributed by atoms with Crippen LogP contribution in [0.2, 0.25) is 5.02 Å². The van der Waals surface area contributed by atoms with E-state index in [1.165, 1.54) is 38.5 Å². The summed E-state index contributed by atoms with van der Waals surface area (Å²) in [6.07, 6.45) is 0. The first kappa shape index (κ1) is 19.3. The SMILES string of the molecule is COC(=O)c1ccccc1NC(=O)COC(=O)c1cc(Cl)ccc1OC. The Bertz CT molecular complexity index is 836. The zero-order valence-electron chi connectivity index (χ0n) is 14.1. The van der Waals surface area contributed by atoms with E-state index in [-0.39, 0.29) is 22.6 Å². The fourth-order valence-corrected chi connectivity index (χ4v) is 2.29. The van der Waals surface area contributed by atoms with Crippen molar-refractivity contribution in [2.45, 2.75) is 0 Å². The number of carbonyl (C=O) groups excluding carboxylic acids is 3. The molecule has 0 aromatic heterocycles. The van der Waals surface area contributed by atoms with Gasteiger partial charge in [-0.25, -0.2) is 9.59 Å². The van der Waals surface area contributed by atoms with Crippen LogP contribution in [0.5, 0.6) is 5.75 Å². The standard InChI is InChI=1S/C18H16ClNO6/c1-24-15-8-7-11(19)9-13(15)18(23)26-10-16(21)20-14-6-4-3-5-12(14)17(22)25-2/h3-9H,10H2,1-2H3,(H,20,21). The molecule has 136 valence electrons. The van der Waals surface area contributed by atoms with Gasteiger partial charge in [0, 0.05) is 5.02 Å². The molecule has 26 heavy (non-hydrogen) atoms. The summed E-state index contributed by atoms with van der Waals surface area (Å²) in [4.78, 5) is 35.9. The van der Waals surface area contributed by atoms with Gasteiger partial charge < -0.3 is 19.5 Å². The molecule has 0 heterocycles. The molecule has 0 aliphatic rings. The number of hydrogen-bond acceptors (Lipinski definition) is 6. The fourth-order valence-electron chi connectivity index (χ4n) is 2.11. The number of para-hydroxylation sites is 1. The van der Waals surface area contributed by atoms with Crippen molar-refractivity contribution in [3.05, 3.63) is 58.6 Å². The van der Waals surface area contributed by atoms with Gasteiger partial charge in [0.25, 0.3) is 5.91 Å². The second-order valence-electron chi connectivity index (χ2n) is 5.01. The number of methoxy groups -OCH3 is 2. The fraction of sp³-hybridized carbons (Fsp3) is 0.167. The van der Waals surface area contributed by atoms with Crippen molar-refractivity contribution < 1.29 is 28.6 Å². The molecule has 0 aliphatic carbocycles. The van der Waals surface area contributed by atoms with Crippen LogP contribution in [0.3, 0.4) is 0 Å². The summed E-state index contributed by atoms with van der Waals surface area (Å²) in [6.45, 7) is -0.552. The van der Waals surface area contributed by atoms with Gasteiger partial charge in [-0.05, 0) is 30.3 Å². The van der Waals surface area contributed by atoms with Crippen LogP contribution in [0, 0.1) is 0 Å². The lowest BCUT2D eigenvalue weighted by Crippen LogP contribution is -2.22. The van der Waals surface area contributed by atoms with Crippen molar-refractivity contribution in [1.29, 1.82) is 0 Å². The molecule has 7 nitrogen and oxygen atoms in total. The maximum Gasteiger partial charge on any atom is 0.342 e. The highest BCUT2D eigenvalue weighted by molar-refractivity contribution is 6.31. The van der Waals surface area contributed by atoms with Crippen molar-refractivity contribution >= 4 is 35.1 Å². The van der Waals surface area contributed by atoms with E-state index in [1.807, 2.05) is 0 Å². The van der Waals surface area contributed by atoms with Crippen molar-refractivity contribution in [2.75, 3.05) is 26.1 Å². The highest BCUT2D eigenvalue weighted by atomic mass is 35.5. The molecule has 2 aromatic rings. The molecule has 0 saturated carbocycles. The average Bonchev–Trinajstić information content (AvgIpc) is 2.65. The smallest absolute Gasteiger partial charge is 0.342 e. The number of esters is 2. The number of carbonyl (C=O) groups is 3. The van der Waals surface area contributed by atoms with Gasteiger partial charge in [0.2, 0.25) is 0 Å². The maximum atomic E-state index is 12.1. The van der Waals surface area contributed by atoms with Gasteiger partial charge in [0.1, 0.15) is 11.3 Å². The Balaban J connectivity index is 2.03. The molecule has 0 saturated heterocycles. The van der Waals surface area contributed by atoms with Gasteiger partial charge in [0.05, 0.1) is 25.5 Å². The maximum absolute atomic E-state index is 12.1. The molecule has 2 aromatic carbocycles. The van der Waals surface area contributed by atoms with E-state index >= 15 is 0 Å². The first-order valence-electron chi connectivity index (χ1n) is 7.44. The molecule has 0 unspecified atom stereocenters. The third-order valence-corrected chi connectivity index (χ3v) is 3.56. The summed E-state index contributed by atoms with van der Waals surface area (Å²) < 4.78 is 14.7. The van der Waals surface area contributed by atoms with Gasteiger partial charge in [0.15, 0.2) is 6.61 Å². The largest absolute Gasteiger partial charge is 0.496 e. The number of ether oxygens (including phenoxy) is 3. The third-order valence-electron chi connectivity index (χ3n) is 3.32. The van der Waals surface area contributed by atoms with Crippen LogP contribution >= 0.6 is 11.6 Å². The minimum absolute atomic E-state index is 0.0998. The summed E-state index contributed by atoms with van der Waals surface area (Å²) in [5, 5.41) is 2.83. The van der Waals surface area contributed by atoms with Crippen LogP contribution < -0.4 is 10.1 Å². The van der Waals surface area contributed by atoms with E-state index in [2.05, 4.69) is 10.1 Å². The van der Waals surface area contributed by atoms with E-state index in [0.717, 1.165) is 0 Å². The van der Waals surface area contributed by atoms with Gasteiger partial charge in [-0.3, -0.25) is 4.79 Å². The summed E-state index contributed by atoms with van der Waals surface area (Å²) in [5.41, 5.74) is 0.537. The summed E-state index contributed by atoms with van der Waals surface area (Å²) >= 11 is 5.86. The lowest BCUT2D eigenvalue weighted by atomic mass is 10.2. The quantitative estimate of drug-likeness (QED) is 0.778. The number of hydrogen-bond donors (Lipinski definition) is 1. The minimum atomic E-state index is -0.763. The van der Waals surface area contributed by atoms with Crippen molar-refractivity contribution in [1.82, 2.24) is 0 Å². The molecule has 0 radical (unpaired) electrons. The Kier molecular flexibility index (Phi) is 6.57. The number of rotatable bonds is 6. The molecule has 0 aliphatic heterocycles. The Morgan fingerprint density at radius 3 is 2.42 bits per heavy atom. The number of amides is 1. The summed E-state index contributed by atoms with van der Waals surface area (Å²) in [5.74, 6) is -1.70. The van der Waals surface area contributed by atoms with Crippen LogP contribution in [0.25, 0.3) is 0 Å². The Hall–Kier alpha value is -3.06. The molecule has 0 fully saturated rings. The first-order valence-corrected chi connectivity index (χ1v) is 7.82. The Morgan fingerprint density at radius 2 is 1.73 bits per heavy atom. The predicted molar refractivity (Wildman–Crippen MR) is 94.7 cm³/mol. The normalized spacial score (nSPS) is 9.96. The molecule has 0 spiro atoms. The molecule has 8 heteroatoms. The zero-order valence-corrected chi connectivity index (χ0v) is 14.8. The molecule has 0 atom stereocenters. The van der Waals surface area contributed by atoms with Crippen LogP contribution in [0.1, 0.15) is 20.7 Å². The topological polar surface area (TPSA) is 90.9 Å². The van der Waals surface area contributed by atoms with Crippen molar-refractivity contribution in [2.24, 2.45) is 0 Å². The van der Waals surface area contributed by atoms with Crippen molar-refractivity contribution in [3.63, 3.8) is 0 Å². The Labute approximate surface area is 154 Å². The van der Waals surface area contributed by atoms with E-state index in [9.17, 15) is 14.4 Å². The minimum Gasteiger partial charge on any atom is -0.496 e. The first-order chi connectivity index (χ1) is 12.5. The van der Waals surface area contributed by atoms with E-state index in [0.29, 0.717) is 5.02 Å². The highest BCUT2D eigenvalue weighted by Gasteiger charge is 2.17. The lowest BCUT2D eigenvalue weighted by molar-refractivity contribution is -0.119. The lowest BCUT2D eigenvalue weighted by Gasteiger charge is -2.11. The van der Waals surface area contributed by atoms with Gasteiger partial charge in [-0.15, -0.1) is 0 Å². The van der Waals surface area contributed by atoms with Crippen molar-refractivity contribution in [3.8, 4) is 5.75 Å². The predicted octanol–water partition coefficient (Wildman–Crippen LogP) is 2.93. The van der Waals surface area contributed by atoms with Gasteiger partial charge in [-0.1, -0.05) is 23.7 Å². The third kappa shape index (κ3) is 4.73. The molecule has 1 N–H and O–H groups in total. The van der Waals surface area contributed by atoms with Crippen LogP contribution in [0.15, 0.2) is 42.5 Å². The second kappa shape index (κ2) is 8.87. The average molecular weight is 378 g/mol. The summed E-state index contributed by atoms with van der Waals surface area (Å²) in [6, 6.07) is 10.8. The number of halogens is 1. The van der Waals surface area contributed by atoms with E-state index < -0.39 is 24.5 Å². The molecular formula is C18H16ClNO6. The molecular weight excluding hydrogens is 362 g/mol. The summed E-state index contributed by atoms with van der Waals surface area (Å²) in [7, 11) is 2.64. The molecule has 1 amide bonds. The highest BCUT2D eigenvalue weighted by Crippen LogP contribution is 2.23. The number of nitrogens with one attached hydrogen (secondary N) is 1.